The molecule has 1 rings (SSSR count). The monoisotopic (exact) mass is 166 g/mol. The van der Waals surface area contributed by atoms with Crippen LogP contribution >= 0.6 is 0 Å². The van der Waals surface area contributed by atoms with Crippen molar-refractivity contribution in [3.05, 3.63) is 12.2 Å². The lowest BCUT2D eigenvalue weighted by molar-refractivity contribution is -0.125. The van der Waals surface area contributed by atoms with E-state index in [1.807, 2.05) is 0 Å². The van der Waals surface area contributed by atoms with Crippen LogP contribution in [0, 0.1) is 16.7 Å². The fourth-order valence-corrected chi connectivity index (χ4v) is 2.63. The van der Waals surface area contributed by atoms with Crippen LogP contribution in [0.2, 0.25) is 0 Å². The molecule has 1 aliphatic rings. The molecule has 0 amide bonds. The van der Waals surface area contributed by atoms with Crippen molar-refractivity contribution in [1.82, 2.24) is 0 Å². The lowest BCUT2D eigenvalue weighted by Crippen LogP contribution is -2.34. The maximum Gasteiger partial charge on any atom is 0.134 e. The minimum absolute atomic E-state index is 0.0370. The molecule has 0 heterocycles. The summed E-state index contributed by atoms with van der Waals surface area (Å²) in [6.45, 7) is 10.2. The van der Waals surface area contributed by atoms with Crippen molar-refractivity contribution in [2.75, 3.05) is 0 Å². The van der Waals surface area contributed by atoms with Crippen molar-refractivity contribution in [2.45, 2.75) is 34.6 Å². The molecule has 0 fully saturated rings. The van der Waals surface area contributed by atoms with Gasteiger partial charge in [0, 0.05) is 5.92 Å². The molecule has 0 atom stereocenters. The van der Waals surface area contributed by atoms with Crippen LogP contribution in [-0.4, -0.2) is 5.78 Å². The zero-order valence-corrected chi connectivity index (χ0v) is 8.64. The van der Waals surface area contributed by atoms with Crippen molar-refractivity contribution in [1.29, 1.82) is 0 Å². The van der Waals surface area contributed by atoms with E-state index >= 15 is 0 Å². The zero-order valence-electron chi connectivity index (χ0n) is 8.64. The zero-order chi connectivity index (χ0) is 9.57. The average molecular weight is 166 g/mol. The standard InChI is InChI=1S/C11H18O/c1-8(12)9-10(2,3)6-7-11(9,4)5/h6-7,9H,1-5H3. The molecule has 68 valence electrons. The molecule has 0 aromatic rings. The molecule has 1 heteroatoms. The van der Waals surface area contributed by atoms with E-state index in [9.17, 15) is 4.79 Å². The van der Waals surface area contributed by atoms with Crippen molar-refractivity contribution in [3.63, 3.8) is 0 Å². The molecule has 12 heavy (non-hydrogen) atoms. The minimum Gasteiger partial charge on any atom is -0.300 e. The summed E-state index contributed by atoms with van der Waals surface area (Å²) in [5.74, 6) is 0.444. The smallest absolute Gasteiger partial charge is 0.134 e. The quantitative estimate of drug-likeness (QED) is 0.547. The van der Waals surface area contributed by atoms with E-state index in [1.54, 1.807) is 6.92 Å². The highest BCUT2D eigenvalue weighted by Crippen LogP contribution is 2.48. The second kappa shape index (κ2) is 2.45. The maximum atomic E-state index is 11.4. The third-order valence-electron chi connectivity index (χ3n) is 2.84. The lowest BCUT2D eigenvalue weighted by atomic mass is 9.69. The number of hydrogen-bond acceptors (Lipinski definition) is 1. The van der Waals surface area contributed by atoms with Crippen LogP contribution in [0.25, 0.3) is 0 Å². The molecule has 1 nitrogen and oxygen atoms in total. The third kappa shape index (κ3) is 1.33. The Morgan fingerprint density at radius 3 is 1.58 bits per heavy atom. The predicted octanol–water partition coefficient (Wildman–Crippen LogP) is 2.81. The van der Waals surface area contributed by atoms with Crippen LogP contribution in [-0.2, 0) is 4.79 Å². The highest BCUT2D eigenvalue weighted by atomic mass is 16.1. The number of carbonyl (C=O) groups is 1. The molecule has 0 saturated heterocycles. The molecular formula is C11H18O. The number of hydrogen-bond donors (Lipinski definition) is 0. The van der Waals surface area contributed by atoms with Crippen molar-refractivity contribution in [2.24, 2.45) is 16.7 Å². The first-order valence-electron chi connectivity index (χ1n) is 4.48. The Bertz CT molecular complexity index is 215. The van der Waals surface area contributed by atoms with Gasteiger partial charge >= 0.3 is 0 Å². The Labute approximate surface area is 74.9 Å². The number of Topliss-reactive ketones (excluding diaryl/α,β-unsaturated/α-hetero) is 1. The number of rotatable bonds is 1. The van der Waals surface area contributed by atoms with Crippen LogP contribution in [0.3, 0.4) is 0 Å². The summed E-state index contributed by atoms with van der Waals surface area (Å²) in [5.41, 5.74) is 0.0741. The first-order chi connectivity index (χ1) is 5.27. The van der Waals surface area contributed by atoms with Gasteiger partial charge in [0.15, 0.2) is 0 Å². The van der Waals surface area contributed by atoms with E-state index in [-0.39, 0.29) is 16.7 Å². The van der Waals surface area contributed by atoms with Crippen LogP contribution in [0.4, 0.5) is 0 Å². The van der Waals surface area contributed by atoms with E-state index in [4.69, 9.17) is 0 Å². The Hall–Kier alpha value is -0.590. The molecule has 0 spiro atoms. The highest BCUT2D eigenvalue weighted by Gasteiger charge is 2.45. The molecule has 0 saturated carbocycles. The van der Waals surface area contributed by atoms with Gasteiger partial charge in [-0.05, 0) is 17.8 Å². The normalized spacial score (nSPS) is 26.1. The molecular weight excluding hydrogens is 148 g/mol. The molecule has 0 aromatic heterocycles. The second-order valence-corrected chi connectivity index (χ2v) is 5.02. The predicted molar refractivity (Wildman–Crippen MR) is 50.9 cm³/mol. The summed E-state index contributed by atoms with van der Waals surface area (Å²) in [6, 6.07) is 0. The lowest BCUT2D eigenvalue weighted by Gasteiger charge is -2.33. The summed E-state index contributed by atoms with van der Waals surface area (Å²) in [7, 11) is 0. The van der Waals surface area contributed by atoms with Gasteiger partial charge in [-0.25, -0.2) is 0 Å². The second-order valence-electron chi connectivity index (χ2n) is 5.02. The van der Waals surface area contributed by atoms with Crippen LogP contribution in [0.5, 0.6) is 0 Å². The van der Waals surface area contributed by atoms with Crippen molar-refractivity contribution >= 4 is 5.78 Å². The number of carbonyl (C=O) groups excluding carboxylic acids is 1. The average Bonchev–Trinajstić information content (AvgIpc) is 2.01. The van der Waals surface area contributed by atoms with E-state index < -0.39 is 0 Å². The summed E-state index contributed by atoms with van der Waals surface area (Å²) in [6.07, 6.45) is 4.33. The van der Waals surface area contributed by atoms with Gasteiger partial charge in [0.1, 0.15) is 5.78 Å². The Morgan fingerprint density at radius 1 is 1.08 bits per heavy atom. The van der Waals surface area contributed by atoms with E-state index in [1.165, 1.54) is 0 Å². The summed E-state index contributed by atoms with van der Waals surface area (Å²) >= 11 is 0. The van der Waals surface area contributed by atoms with Gasteiger partial charge in [-0.2, -0.15) is 0 Å². The van der Waals surface area contributed by atoms with Crippen molar-refractivity contribution < 1.29 is 4.79 Å². The van der Waals surface area contributed by atoms with Crippen LogP contribution in [0.1, 0.15) is 34.6 Å². The topological polar surface area (TPSA) is 17.1 Å². The molecule has 1 aliphatic carbocycles. The first kappa shape index (κ1) is 9.50. The minimum atomic E-state index is 0.0370. The first-order valence-corrected chi connectivity index (χ1v) is 4.48. The Morgan fingerprint density at radius 2 is 1.42 bits per heavy atom. The van der Waals surface area contributed by atoms with E-state index in [0.29, 0.717) is 5.78 Å². The van der Waals surface area contributed by atoms with Crippen LogP contribution in [0.15, 0.2) is 12.2 Å². The van der Waals surface area contributed by atoms with Gasteiger partial charge in [-0.3, -0.25) is 4.79 Å². The molecule has 0 unspecified atom stereocenters. The summed E-state index contributed by atoms with van der Waals surface area (Å²) < 4.78 is 0. The Balaban J connectivity index is 3.03. The number of ketones is 1. The van der Waals surface area contributed by atoms with E-state index in [0.717, 1.165) is 0 Å². The highest BCUT2D eigenvalue weighted by molar-refractivity contribution is 5.81. The maximum absolute atomic E-state index is 11.4. The molecule has 0 aliphatic heterocycles. The van der Waals surface area contributed by atoms with Gasteiger partial charge < -0.3 is 0 Å². The number of allylic oxidation sites excluding steroid dienone is 2. The third-order valence-corrected chi connectivity index (χ3v) is 2.84. The van der Waals surface area contributed by atoms with Gasteiger partial charge in [-0.1, -0.05) is 39.8 Å². The molecule has 0 bridgehead atoms. The summed E-state index contributed by atoms with van der Waals surface area (Å²) in [4.78, 5) is 11.4. The molecule has 0 aromatic carbocycles. The molecule has 0 radical (unpaired) electrons. The summed E-state index contributed by atoms with van der Waals surface area (Å²) in [5, 5.41) is 0. The van der Waals surface area contributed by atoms with Gasteiger partial charge in [-0.15, -0.1) is 0 Å². The van der Waals surface area contributed by atoms with Gasteiger partial charge in [0.25, 0.3) is 0 Å². The fraction of sp³-hybridized carbons (Fsp3) is 0.727. The van der Waals surface area contributed by atoms with Crippen molar-refractivity contribution in [3.8, 4) is 0 Å². The van der Waals surface area contributed by atoms with Crippen LogP contribution < -0.4 is 0 Å². The van der Waals surface area contributed by atoms with Gasteiger partial charge in [0.2, 0.25) is 0 Å². The molecule has 0 N–H and O–H groups in total. The van der Waals surface area contributed by atoms with E-state index in [2.05, 4.69) is 39.8 Å². The fourth-order valence-electron chi connectivity index (χ4n) is 2.63. The SMILES string of the molecule is CC(=O)C1C(C)(C)C=CC1(C)C. The Kier molecular flexibility index (Phi) is 1.94. The van der Waals surface area contributed by atoms with Gasteiger partial charge in [0.05, 0.1) is 0 Å². The largest absolute Gasteiger partial charge is 0.300 e.